The van der Waals surface area contributed by atoms with Crippen molar-refractivity contribution in [3.05, 3.63) is 53.1 Å². The van der Waals surface area contributed by atoms with E-state index in [0.29, 0.717) is 6.61 Å². The van der Waals surface area contributed by atoms with Gasteiger partial charge in [-0.25, -0.2) is 0 Å². The largest absolute Gasteiger partial charge is 0.493 e. The smallest absolute Gasteiger partial charge is 0.128 e. The zero-order valence-electron chi connectivity index (χ0n) is 15.5. The maximum Gasteiger partial charge on any atom is 0.128 e. The van der Waals surface area contributed by atoms with E-state index in [1.807, 2.05) is 19.1 Å². The molecule has 2 aromatic carbocycles. The Hall–Kier alpha value is -2.26. The molecule has 0 aliphatic rings. The van der Waals surface area contributed by atoms with Gasteiger partial charge in [-0.3, -0.25) is 0 Å². The summed E-state index contributed by atoms with van der Waals surface area (Å²) in [4.78, 5) is 3.70. The fraction of sp³-hybridized carbons (Fsp3) is 0.364. The van der Waals surface area contributed by atoms with Crippen LogP contribution in [-0.4, -0.2) is 18.1 Å². The van der Waals surface area contributed by atoms with Gasteiger partial charge >= 0.3 is 0 Å². The number of nitrogens with one attached hydrogen (secondary N) is 1. The van der Waals surface area contributed by atoms with Crippen LogP contribution in [0, 0.1) is 13.8 Å². The summed E-state index contributed by atoms with van der Waals surface area (Å²) < 4.78 is 5.89. The molecule has 25 heavy (non-hydrogen) atoms. The highest BCUT2D eigenvalue weighted by molar-refractivity contribution is 5.95. The monoisotopic (exact) mass is 336 g/mol. The van der Waals surface area contributed by atoms with E-state index in [2.05, 4.69) is 43.1 Å². The normalized spacial score (nSPS) is 11.2. The number of aromatic nitrogens is 1. The first-order valence-corrected chi connectivity index (χ1v) is 9.20. The van der Waals surface area contributed by atoms with Crippen molar-refractivity contribution in [3.8, 4) is 17.0 Å². The number of H-pyrrole nitrogens is 1. The van der Waals surface area contributed by atoms with Gasteiger partial charge in [0.15, 0.2) is 0 Å². The highest BCUT2D eigenvalue weighted by Crippen LogP contribution is 2.38. The second kappa shape index (κ2) is 7.75. The molecule has 0 aliphatic heterocycles. The van der Waals surface area contributed by atoms with Crippen LogP contribution in [0.1, 0.15) is 36.5 Å². The highest BCUT2D eigenvalue weighted by Gasteiger charge is 2.18. The number of fused-ring (bicyclic) bond motifs is 1. The Morgan fingerprint density at radius 1 is 1.00 bits per heavy atom. The average Bonchev–Trinajstić information content (AvgIpc) is 3.00. The molecule has 0 fully saturated rings. The summed E-state index contributed by atoms with van der Waals surface area (Å²) in [5, 5.41) is 1.36. The quantitative estimate of drug-likeness (QED) is 0.588. The molecule has 0 atom stereocenters. The molecule has 132 valence electrons. The number of unbranched alkanes of at least 4 members (excludes halogenated alkanes) is 1. The third kappa shape index (κ3) is 3.42. The Morgan fingerprint density at radius 2 is 1.76 bits per heavy atom. The van der Waals surface area contributed by atoms with Crippen LogP contribution in [-0.2, 0) is 6.42 Å². The Labute approximate surface area is 150 Å². The number of aromatic amines is 1. The predicted molar refractivity (Wildman–Crippen MR) is 106 cm³/mol. The van der Waals surface area contributed by atoms with Crippen molar-refractivity contribution in [3.63, 3.8) is 0 Å². The average molecular weight is 336 g/mol. The fourth-order valence-electron chi connectivity index (χ4n) is 3.57. The minimum Gasteiger partial charge on any atom is -0.493 e. The van der Waals surface area contributed by atoms with Crippen LogP contribution in [0.5, 0.6) is 5.75 Å². The number of rotatable bonds is 7. The van der Waals surface area contributed by atoms with Gasteiger partial charge in [-0.2, -0.15) is 0 Å². The van der Waals surface area contributed by atoms with E-state index in [9.17, 15) is 0 Å². The number of ether oxygens (including phenoxy) is 1. The van der Waals surface area contributed by atoms with Crippen molar-refractivity contribution in [2.24, 2.45) is 5.73 Å². The zero-order valence-corrected chi connectivity index (χ0v) is 15.5. The number of nitrogens with two attached hydrogens (primary N) is 1. The van der Waals surface area contributed by atoms with Crippen LogP contribution >= 0.6 is 0 Å². The molecular formula is C22H28N2O. The first kappa shape index (κ1) is 17.6. The summed E-state index contributed by atoms with van der Waals surface area (Å²) in [6.45, 7) is 7.79. The molecule has 0 amide bonds. The van der Waals surface area contributed by atoms with Crippen molar-refractivity contribution >= 4 is 10.9 Å². The van der Waals surface area contributed by atoms with E-state index in [-0.39, 0.29) is 0 Å². The van der Waals surface area contributed by atoms with Crippen molar-refractivity contribution in [1.82, 2.24) is 4.98 Å². The first-order chi connectivity index (χ1) is 12.2. The molecule has 3 nitrogen and oxygen atoms in total. The van der Waals surface area contributed by atoms with Crippen LogP contribution < -0.4 is 10.5 Å². The Bertz CT molecular complexity index is 864. The molecule has 3 rings (SSSR count). The van der Waals surface area contributed by atoms with E-state index in [1.54, 1.807) is 0 Å². The third-order valence-corrected chi connectivity index (χ3v) is 4.81. The summed E-state index contributed by atoms with van der Waals surface area (Å²) in [5.41, 5.74) is 13.3. The van der Waals surface area contributed by atoms with Gasteiger partial charge in [0.05, 0.1) is 12.3 Å². The summed E-state index contributed by atoms with van der Waals surface area (Å²) in [6, 6.07) is 12.7. The van der Waals surface area contributed by atoms with E-state index in [0.717, 1.165) is 37.1 Å². The summed E-state index contributed by atoms with van der Waals surface area (Å²) in [7, 11) is 0. The molecule has 1 aromatic heterocycles. The van der Waals surface area contributed by atoms with E-state index >= 15 is 0 Å². The SMILES string of the molecule is CCOc1ccccc1-c1[nH]c2c(C)ccc(C)c2c1CCCCN. The fourth-order valence-corrected chi connectivity index (χ4v) is 3.57. The Kier molecular flexibility index (Phi) is 5.44. The maximum atomic E-state index is 5.89. The standard InChI is InChI=1S/C22H28N2O/c1-4-25-19-11-6-5-9-17(19)22-18(10-7-8-14-23)20-15(2)12-13-16(3)21(20)24-22/h5-6,9,11-13,24H,4,7-8,10,14,23H2,1-3H3. The molecule has 0 unspecified atom stereocenters. The van der Waals surface area contributed by atoms with Gasteiger partial charge in [0.25, 0.3) is 0 Å². The third-order valence-electron chi connectivity index (χ3n) is 4.81. The van der Waals surface area contributed by atoms with Crippen molar-refractivity contribution < 1.29 is 4.74 Å². The molecule has 0 saturated heterocycles. The summed E-state index contributed by atoms with van der Waals surface area (Å²) >= 11 is 0. The van der Waals surface area contributed by atoms with Crippen molar-refractivity contribution in [1.29, 1.82) is 0 Å². The minimum absolute atomic E-state index is 0.664. The topological polar surface area (TPSA) is 51.0 Å². The molecule has 0 aliphatic carbocycles. The predicted octanol–water partition coefficient (Wildman–Crippen LogP) is 5.13. The number of hydrogen-bond donors (Lipinski definition) is 2. The lowest BCUT2D eigenvalue weighted by molar-refractivity contribution is 0.341. The van der Waals surface area contributed by atoms with Gasteiger partial charge in [0.2, 0.25) is 0 Å². The molecule has 3 N–H and O–H groups in total. The van der Waals surface area contributed by atoms with E-state index in [1.165, 1.54) is 33.3 Å². The lowest BCUT2D eigenvalue weighted by atomic mass is 9.96. The lowest BCUT2D eigenvalue weighted by Crippen LogP contribution is -2.00. The van der Waals surface area contributed by atoms with Crippen LogP contribution in [0.4, 0.5) is 0 Å². The summed E-state index contributed by atoms with van der Waals surface area (Å²) in [6.07, 6.45) is 3.17. The van der Waals surface area contributed by atoms with Crippen molar-refractivity contribution in [2.45, 2.75) is 40.0 Å². The maximum absolute atomic E-state index is 5.89. The zero-order chi connectivity index (χ0) is 17.8. The highest BCUT2D eigenvalue weighted by atomic mass is 16.5. The number of para-hydroxylation sites is 1. The van der Waals surface area contributed by atoms with Crippen LogP contribution in [0.2, 0.25) is 0 Å². The van der Waals surface area contributed by atoms with Gasteiger partial charge in [-0.15, -0.1) is 0 Å². The second-order valence-corrected chi connectivity index (χ2v) is 6.60. The number of benzene rings is 2. The molecule has 0 spiro atoms. The van der Waals surface area contributed by atoms with Crippen LogP contribution in [0.3, 0.4) is 0 Å². The number of hydrogen-bond acceptors (Lipinski definition) is 2. The van der Waals surface area contributed by atoms with Gasteiger partial charge < -0.3 is 15.5 Å². The molecule has 1 heterocycles. The minimum atomic E-state index is 0.664. The molecule has 3 aromatic rings. The molecule has 0 bridgehead atoms. The Balaban J connectivity index is 2.22. The van der Waals surface area contributed by atoms with Gasteiger partial charge in [0.1, 0.15) is 5.75 Å². The van der Waals surface area contributed by atoms with Gasteiger partial charge in [-0.05, 0) is 75.4 Å². The molecule has 0 saturated carbocycles. The Morgan fingerprint density at radius 3 is 2.52 bits per heavy atom. The van der Waals surface area contributed by atoms with Crippen LogP contribution in [0.15, 0.2) is 36.4 Å². The van der Waals surface area contributed by atoms with Gasteiger partial charge in [0, 0.05) is 16.5 Å². The van der Waals surface area contributed by atoms with Crippen molar-refractivity contribution in [2.75, 3.05) is 13.2 Å². The lowest BCUT2D eigenvalue weighted by Gasteiger charge is -2.11. The molecular weight excluding hydrogens is 308 g/mol. The number of aryl methyl sites for hydroxylation is 3. The molecule has 3 heteroatoms. The van der Waals surface area contributed by atoms with E-state index in [4.69, 9.17) is 10.5 Å². The first-order valence-electron chi connectivity index (χ1n) is 9.20. The second-order valence-electron chi connectivity index (χ2n) is 6.60. The summed E-state index contributed by atoms with van der Waals surface area (Å²) in [5.74, 6) is 0.937. The van der Waals surface area contributed by atoms with E-state index < -0.39 is 0 Å². The van der Waals surface area contributed by atoms with Crippen LogP contribution in [0.25, 0.3) is 22.2 Å². The molecule has 0 radical (unpaired) electrons. The van der Waals surface area contributed by atoms with Gasteiger partial charge in [-0.1, -0.05) is 24.3 Å².